The Morgan fingerprint density at radius 3 is 2.40 bits per heavy atom. The summed E-state index contributed by atoms with van der Waals surface area (Å²) in [7, 11) is 0. The highest BCUT2D eigenvalue weighted by Crippen LogP contribution is 2.22. The number of hydrogen-bond donors (Lipinski definition) is 1. The van der Waals surface area contributed by atoms with Gasteiger partial charge in [-0.1, -0.05) is 27.7 Å². The summed E-state index contributed by atoms with van der Waals surface area (Å²) in [5.41, 5.74) is 1.18. The van der Waals surface area contributed by atoms with Gasteiger partial charge in [0.25, 0.3) is 0 Å². The van der Waals surface area contributed by atoms with Gasteiger partial charge in [-0.3, -0.25) is 0 Å². The molecule has 1 aromatic heterocycles. The highest BCUT2D eigenvalue weighted by Gasteiger charge is 2.15. The molecule has 0 aromatic carbocycles. The van der Waals surface area contributed by atoms with Gasteiger partial charge in [-0.05, 0) is 17.8 Å². The second kappa shape index (κ2) is 5.61. The van der Waals surface area contributed by atoms with E-state index in [1.165, 1.54) is 5.69 Å². The van der Waals surface area contributed by atoms with E-state index in [4.69, 9.17) is 0 Å². The minimum Gasteiger partial charge on any atom is -0.396 e. The van der Waals surface area contributed by atoms with Gasteiger partial charge in [0.2, 0.25) is 0 Å². The topological polar surface area (TPSA) is 33.1 Å². The van der Waals surface area contributed by atoms with Crippen molar-refractivity contribution in [3.05, 3.63) is 16.1 Å². The average molecular weight is 227 g/mol. The third-order valence-corrected chi connectivity index (χ3v) is 3.66. The maximum absolute atomic E-state index is 9.25. The molecule has 2 nitrogen and oxygen atoms in total. The Labute approximate surface area is 96.4 Å². The third-order valence-electron chi connectivity index (χ3n) is 2.78. The van der Waals surface area contributed by atoms with Crippen LogP contribution in [0.25, 0.3) is 0 Å². The molecule has 0 amide bonds. The fourth-order valence-electron chi connectivity index (χ4n) is 1.42. The van der Waals surface area contributed by atoms with Crippen LogP contribution < -0.4 is 0 Å². The first kappa shape index (κ1) is 12.7. The summed E-state index contributed by atoms with van der Waals surface area (Å²) in [6.07, 6.45) is 0.908. The van der Waals surface area contributed by atoms with Crippen molar-refractivity contribution < 1.29 is 5.11 Å². The lowest BCUT2D eigenvalue weighted by Crippen LogP contribution is -2.16. The molecular formula is C12H21NOS. The predicted molar refractivity (Wildman–Crippen MR) is 65.3 cm³/mol. The number of rotatable bonds is 5. The zero-order valence-electron chi connectivity index (χ0n) is 10.0. The van der Waals surface area contributed by atoms with Gasteiger partial charge < -0.3 is 5.11 Å². The summed E-state index contributed by atoms with van der Waals surface area (Å²) in [4.78, 5) is 4.59. The van der Waals surface area contributed by atoms with E-state index < -0.39 is 0 Å². The normalized spacial score (nSPS) is 13.8. The molecule has 0 bridgehead atoms. The minimum absolute atomic E-state index is 0.258. The lowest BCUT2D eigenvalue weighted by Gasteiger charge is -2.16. The van der Waals surface area contributed by atoms with E-state index >= 15 is 0 Å². The quantitative estimate of drug-likeness (QED) is 0.838. The van der Waals surface area contributed by atoms with Crippen molar-refractivity contribution in [2.24, 2.45) is 11.8 Å². The fraction of sp³-hybridized carbons (Fsp3) is 0.750. The van der Waals surface area contributed by atoms with E-state index in [0.717, 1.165) is 11.4 Å². The second-order valence-corrected chi connectivity index (χ2v) is 5.65. The second-order valence-electron chi connectivity index (χ2n) is 4.71. The maximum atomic E-state index is 9.25. The minimum atomic E-state index is 0.258. The average Bonchev–Trinajstić information content (AvgIpc) is 2.61. The summed E-state index contributed by atoms with van der Waals surface area (Å²) < 4.78 is 0. The van der Waals surface area contributed by atoms with Crippen LogP contribution in [0.1, 0.15) is 44.3 Å². The van der Waals surface area contributed by atoms with Crippen LogP contribution in [0.15, 0.2) is 5.38 Å². The summed E-state index contributed by atoms with van der Waals surface area (Å²) >= 11 is 1.72. The molecule has 1 atom stereocenters. The van der Waals surface area contributed by atoms with Gasteiger partial charge in [0.15, 0.2) is 0 Å². The summed E-state index contributed by atoms with van der Waals surface area (Å²) in [6, 6.07) is 0. The molecule has 1 heterocycles. The van der Waals surface area contributed by atoms with Crippen molar-refractivity contribution in [2.45, 2.75) is 40.0 Å². The third kappa shape index (κ3) is 3.58. The van der Waals surface area contributed by atoms with E-state index in [9.17, 15) is 5.11 Å². The van der Waals surface area contributed by atoms with Crippen LogP contribution in [-0.4, -0.2) is 16.7 Å². The monoisotopic (exact) mass is 227 g/mol. The molecule has 15 heavy (non-hydrogen) atoms. The van der Waals surface area contributed by atoms with Gasteiger partial charge in [0, 0.05) is 18.4 Å². The van der Waals surface area contributed by atoms with Crippen LogP contribution in [-0.2, 0) is 6.42 Å². The van der Waals surface area contributed by atoms with E-state index in [-0.39, 0.29) is 6.61 Å². The molecule has 1 N–H and O–H groups in total. The van der Waals surface area contributed by atoms with Crippen molar-refractivity contribution in [1.82, 2.24) is 4.98 Å². The van der Waals surface area contributed by atoms with Crippen molar-refractivity contribution in [2.75, 3.05) is 6.61 Å². The Kier molecular flexibility index (Phi) is 4.74. The number of thiazole rings is 1. The number of aliphatic hydroxyl groups excluding tert-OH is 1. The van der Waals surface area contributed by atoms with Crippen molar-refractivity contribution in [3.63, 3.8) is 0 Å². The molecule has 1 unspecified atom stereocenters. The van der Waals surface area contributed by atoms with Crippen LogP contribution in [0.4, 0.5) is 0 Å². The number of hydrogen-bond acceptors (Lipinski definition) is 3. The zero-order valence-corrected chi connectivity index (χ0v) is 10.8. The largest absolute Gasteiger partial charge is 0.396 e. The lowest BCUT2D eigenvalue weighted by molar-refractivity contribution is 0.189. The predicted octanol–water partition coefficient (Wildman–Crippen LogP) is 3.07. The van der Waals surface area contributed by atoms with Gasteiger partial charge in [0.1, 0.15) is 0 Å². The van der Waals surface area contributed by atoms with E-state index in [1.807, 2.05) is 0 Å². The summed E-state index contributed by atoms with van der Waals surface area (Å²) in [5.74, 6) is 1.36. The number of aromatic nitrogens is 1. The first-order valence-corrected chi connectivity index (χ1v) is 6.47. The van der Waals surface area contributed by atoms with E-state index in [1.54, 1.807) is 11.3 Å². The molecule has 0 radical (unpaired) electrons. The molecule has 0 spiro atoms. The Morgan fingerprint density at radius 2 is 2.00 bits per heavy atom. The SMILES string of the molecule is CC(C)c1csc(CC(CO)C(C)C)n1. The first-order chi connectivity index (χ1) is 7.04. The molecule has 0 fully saturated rings. The zero-order chi connectivity index (χ0) is 11.4. The first-order valence-electron chi connectivity index (χ1n) is 5.59. The maximum Gasteiger partial charge on any atom is 0.0932 e. The van der Waals surface area contributed by atoms with Crippen LogP contribution in [0.2, 0.25) is 0 Å². The van der Waals surface area contributed by atoms with E-state index in [2.05, 4.69) is 38.1 Å². The molecule has 1 rings (SSSR count). The fourth-order valence-corrected chi connectivity index (χ4v) is 2.47. The van der Waals surface area contributed by atoms with Gasteiger partial charge in [0.05, 0.1) is 10.7 Å². The Hall–Kier alpha value is -0.410. The number of aliphatic hydroxyl groups is 1. The van der Waals surface area contributed by atoms with Crippen molar-refractivity contribution in [1.29, 1.82) is 0 Å². The highest BCUT2D eigenvalue weighted by molar-refractivity contribution is 7.09. The molecule has 86 valence electrons. The van der Waals surface area contributed by atoms with E-state index in [0.29, 0.717) is 17.8 Å². The molecule has 1 aromatic rings. The van der Waals surface area contributed by atoms with Gasteiger partial charge in [-0.15, -0.1) is 11.3 Å². The molecule has 0 aliphatic heterocycles. The van der Waals surface area contributed by atoms with Crippen LogP contribution in [0.5, 0.6) is 0 Å². The smallest absolute Gasteiger partial charge is 0.0932 e. The number of nitrogens with zero attached hydrogens (tertiary/aromatic N) is 1. The molecule has 0 saturated heterocycles. The molecule has 0 saturated carbocycles. The van der Waals surface area contributed by atoms with Crippen molar-refractivity contribution >= 4 is 11.3 Å². The van der Waals surface area contributed by atoms with Crippen molar-refractivity contribution in [3.8, 4) is 0 Å². The Morgan fingerprint density at radius 1 is 1.33 bits per heavy atom. The Balaban J connectivity index is 2.63. The highest BCUT2D eigenvalue weighted by atomic mass is 32.1. The van der Waals surface area contributed by atoms with Gasteiger partial charge in [-0.2, -0.15) is 0 Å². The molecule has 0 aliphatic rings. The van der Waals surface area contributed by atoms with Gasteiger partial charge in [-0.25, -0.2) is 4.98 Å². The van der Waals surface area contributed by atoms with Crippen LogP contribution in [0.3, 0.4) is 0 Å². The molecular weight excluding hydrogens is 206 g/mol. The summed E-state index contributed by atoms with van der Waals surface area (Å²) in [6.45, 7) is 8.87. The molecule has 3 heteroatoms. The van der Waals surface area contributed by atoms with Gasteiger partial charge >= 0.3 is 0 Å². The Bertz CT molecular complexity index is 294. The molecule has 0 aliphatic carbocycles. The summed E-state index contributed by atoms with van der Waals surface area (Å²) in [5, 5.41) is 12.5. The van der Waals surface area contributed by atoms with Crippen LogP contribution >= 0.6 is 11.3 Å². The lowest BCUT2D eigenvalue weighted by atomic mass is 9.94. The van der Waals surface area contributed by atoms with Crippen LogP contribution in [0, 0.1) is 11.8 Å². The standard InChI is InChI=1S/C12H21NOS/c1-8(2)10(6-14)5-12-13-11(7-15-12)9(3)4/h7-10,14H,5-6H2,1-4H3.